The molecule has 0 saturated carbocycles. The summed E-state index contributed by atoms with van der Waals surface area (Å²) in [5.41, 5.74) is 1.73. The van der Waals surface area contributed by atoms with E-state index in [0.717, 1.165) is 5.56 Å². The lowest BCUT2D eigenvalue weighted by Crippen LogP contribution is -2.27. The van der Waals surface area contributed by atoms with Crippen LogP contribution in [0, 0.1) is 0 Å². The van der Waals surface area contributed by atoms with Crippen molar-refractivity contribution in [2.24, 2.45) is 0 Å². The molecule has 0 aliphatic carbocycles. The van der Waals surface area contributed by atoms with Gasteiger partial charge in [0.25, 0.3) is 0 Å². The predicted octanol–water partition coefficient (Wildman–Crippen LogP) is 1.58. The van der Waals surface area contributed by atoms with Crippen LogP contribution < -0.4 is 20.1 Å². The highest BCUT2D eigenvalue weighted by molar-refractivity contribution is 5.92. The fraction of sp³-hybridized carbons (Fsp3) is 0.250. The van der Waals surface area contributed by atoms with E-state index in [-0.39, 0.29) is 12.5 Å². The van der Waals surface area contributed by atoms with E-state index in [1.54, 1.807) is 30.6 Å². The molecule has 2 heterocycles. The molecule has 6 heteroatoms. The molecule has 3 rings (SSSR count). The van der Waals surface area contributed by atoms with Crippen molar-refractivity contribution < 1.29 is 14.3 Å². The highest BCUT2D eigenvalue weighted by Gasteiger charge is 2.12. The molecular formula is C16H17N3O3. The maximum atomic E-state index is 11.9. The number of hydrogen-bond acceptors (Lipinski definition) is 5. The van der Waals surface area contributed by atoms with E-state index in [4.69, 9.17) is 9.47 Å². The molecule has 0 unspecified atom stereocenters. The number of nitrogens with zero attached hydrogens (tertiary/aromatic N) is 1. The molecule has 114 valence electrons. The number of hydrogen-bond donors (Lipinski definition) is 2. The molecule has 2 N–H and O–H groups in total. The van der Waals surface area contributed by atoms with Crippen molar-refractivity contribution in [2.45, 2.75) is 6.54 Å². The maximum absolute atomic E-state index is 11.9. The van der Waals surface area contributed by atoms with Crippen molar-refractivity contribution >= 4 is 11.6 Å². The number of carbonyl (C=O) groups is 1. The van der Waals surface area contributed by atoms with Gasteiger partial charge >= 0.3 is 0 Å². The van der Waals surface area contributed by atoms with Gasteiger partial charge in [0.05, 0.1) is 6.54 Å². The molecule has 1 amide bonds. The summed E-state index contributed by atoms with van der Waals surface area (Å²) in [6, 6.07) is 9.19. The molecule has 1 aromatic heterocycles. The minimum atomic E-state index is -0.111. The molecule has 22 heavy (non-hydrogen) atoms. The minimum absolute atomic E-state index is 0.111. The number of nitrogens with one attached hydrogen (secondary N) is 2. The maximum Gasteiger partial charge on any atom is 0.238 e. The van der Waals surface area contributed by atoms with E-state index in [1.807, 2.05) is 12.1 Å². The fourth-order valence-corrected chi connectivity index (χ4v) is 2.15. The second kappa shape index (κ2) is 6.91. The highest BCUT2D eigenvalue weighted by Crippen LogP contribution is 2.32. The molecule has 0 fully saturated rings. The van der Waals surface area contributed by atoms with Crippen molar-refractivity contribution in [3.8, 4) is 11.5 Å². The van der Waals surface area contributed by atoms with Crippen molar-refractivity contribution in [3.63, 3.8) is 0 Å². The van der Waals surface area contributed by atoms with Crippen LogP contribution in [-0.2, 0) is 11.3 Å². The Morgan fingerprint density at radius 2 is 2.05 bits per heavy atom. The van der Waals surface area contributed by atoms with Crippen LogP contribution in [0.2, 0.25) is 0 Å². The van der Waals surface area contributed by atoms with Crippen LogP contribution in [0.3, 0.4) is 0 Å². The lowest BCUT2D eigenvalue weighted by atomic mass is 10.2. The summed E-state index contributed by atoms with van der Waals surface area (Å²) in [6.07, 6.45) is 3.49. The van der Waals surface area contributed by atoms with Crippen molar-refractivity contribution in [1.82, 2.24) is 10.3 Å². The number of aromatic nitrogens is 1. The van der Waals surface area contributed by atoms with Crippen LogP contribution in [0.15, 0.2) is 42.7 Å². The Morgan fingerprint density at radius 1 is 1.18 bits per heavy atom. The molecule has 0 atom stereocenters. The van der Waals surface area contributed by atoms with Gasteiger partial charge in [-0.1, -0.05) is 6.07 Å². The predicted molar refractivity (Wildman–Crippen MR) is 82.0 cm³/mol. The quantitative estimate of drug-likeness (QED) is 0.877. The van der Waals surface area contributed by atoms with Gasteiger partial charge in [0.15, 0.2) is 11.5 Å². The first-order chi connectivity index (χ1) is 10.8. The van der Waals surface area contributed by atoms with E-state index < -0.39 is 0 Å². The van der Waals surface area contributed by atoms with Crippen LogP contribution in [0.4, 0.5) is 5.69 Å². The lowest BCUT2D eigenvalue weighted by Gasteiger charge is -2.19. The summed E-state index contributed by atoms with van der Waals surface area (Å²) in [5, 5.41) is 5.90. The first-order valence-electron chi connectivity index (χ1n) is 7.10. The van der Waals surface area contributed by atoms with Gasteiger partial charge in [0.2, 0.25) is 5.91 Å². The normalized spacial score (nSPS) is 12.7. The third-order valence-corrected chi connectivity index (χ3v) is 3.16. The van der Waals surface area contributed by atoms with Crippen molar-refractivity contribution in [2.75, 3.05) is 25.1 Å². The Morgan fingerprint density at radius 3 is 2.86 bits per heavy atom. The van der Waals surface area contributed by atoms with Crippen LogP contribution in [0.1, 0.15) is 5.56 Å². The average molecular weight is 299 g/mol. The highest BCUT2D eigenvalue weighted by atomic mass is 16.6. The summed E-state index contributed by atoms with van der Waals surface area (Å²) < 4.78 is 10.9. The average Bonchev–Trinajstić information content (AvgIpc) is 2.56. The molecule has 1 aliphatic rings. The number of anilines is 1. The Balaban J connectivity index is 1.49. The van der Waals surface area contributed by atoms with Crippen LogP contribution in [0.25, 0.3) is 0 Å². The molecule has 6 nitrogen and oxygen atoms in total. The second-order valence-electron chi connectivity index (χ2n) is 4.87. The topological polar surface area (TPSA) is 72.5 Å². The Bertz CT molecular complexity index is 646. The number of pyridine rings is 1. The first-order valence-corrected chi connectivity index (χ1v) is 7.10. The summed E-state index contributed by atoms with van der Waals surface area (Å²) >= 11 is 0. The SMILES string of the molecule is O=C(CNCc1cccnc1)Nc1ccc2c(c1)OCCO2. The number of amides is 1. The molecule has 2 aromatic rings. The smallest absolute Gasteiger partial charge is 0.238 e. The van der Waals surface area contributed by atoms with E-state index in [0.29, 0.717) is 36.9 Å². The number of fused-ring (bicyclic) bond motifs is 1. The number of carbonyl (C=O) groups excluding carboxylic acids is 1. The van der Waals surface area contributed by atoms with Gasteiger partial charge < -0.3 is 20.1 Å². The van der Waals surface area contributed by atoms with Gasteiger partial charge in [-0.3, -0.25) is 9.78 Å². The third-order valence-electron chi connectivity index (χ3n) is 3.16. The standard InChI is InChI=1S/C16H17N3O3/c20-16(11-18-10-12-2-1-5-17-9-12)19-13-3-4-14-15(8-13)22-7-6-21-14/h1-5,8-9,18H,6-7,10-11H2,(H,19,20). The zero-order valence-electron chi connectivity index (χ0n) is 12.0. The van der Waals surface area contributed by atoms with Crippen molar-refractivity contribution in [1.29, 1.82) is 0 Å². The molecule has 0 saturated heterocycles. The Kier molecular flexibility index (Phi) is 4.50. The van der Waals surface area contributed by atoms with Gasteiger partial charge in [0.1, 0.15) is 13.2 Å². The Hall–Kier alpha value is -2.60. The van der Waals surface area contributed by atoms with Gasteiger partial charge in [-0.25, -0.2) is 0 Å². The number of rotatable bonds is 5. The summed E-state index contributed by atoms with van der Waals surface area (Å²) in [4.78, 5) is 15.9. The van der Waals surface area contributed by atoms with Crippen molar-refractivity contribution in [3.05, 3.63) is 48.3 Å². The van der Waals surface area contributed by atoms with Crippen LogP contribution in [0.5, 0.6) is 11.5 Å². The van der Waals surface area contributed by atoms with Gasteiger partial charge in [-0.2, -0.15) is 0 Å². The van der Waals surface area contributed by atoms with E-state index in [2.05, 4.69) is 15.6 Å². The summed E-state index contributed by atoms with van der Waals surface area (Å²) in [6.45, 7) is 1.90. The third kappa shape index (κ3) is 3.73. The molecule has 0 radical (unpaired) electrons. The monoisotopic (exact) mass is 299 g/mol. The number of benzene rings is 1. The molecule has 0 spiro atoms. The first kappa shape index (κ1) is 14.3. The number of ether oxygens (including phenoxy) is 2. The van der Waals surface area contributed by atoms with Gasteiger partial charge in [-0.05, 0) is 23.8 Å². The zero-order chi connectivity index (χ0) is 15.2. The largest absolute Gasteiger partial charge is 0.486 e. The second-order valence-corrected chi connectivity index (χ2v) is 4.87. The summed E-state index contributed by atoms with van der Waals surface area (Å²) in [7, 11) is 0. The lowest BCUT2D eigenvalue weighted by molar-refractivity contribution is -0.115. The van der Waals surface area contributed by atoms with Gasteiger partial charge in [0, 0.05) is 30.7 Å². The summed E-state index contributed by atoms with van der Waals surface area (Å²) in [5.74, 6) is 1.26. The Labute approximate surface area is 128 Å². The minimum Gasteiger partial charge on any atom is -0.486 e. The van der Waals surface area contributed by atoms with E-state index in [9.17, 15) is 4.79 Å². The molecular weight excluding hydrogens is 282 g/mol. The van der Waals surface area contributed by atoms with E-state index in [1.165, 1.54) is 0 Å². The van der Waals surface area contributed by atoms with Crippen LogP contribution in [-0.4, -0.2) is 30.6 Å². The molecule has 1 aromatic carbocycles. The van der Waals surface area contributed by atoms with E-state index >= 15 is 0 Å². The zero-order valence-corrected chi connectivity index (χ0v) is 12.0. The fourth-order valence-electron chi connectivity index (χ4n) is 2.15. The van der Waals surface area contributed by atoms with Gasteiger partial charge in [-0.15, -0.1) is 0 Å². The molecule has 1 aliphatic heterocycles. The molecule has 0 bridgehead atoms. The van der Waals surface area contributed by atoms with Crippen LogP contribution >= 0.6 is 0 Å².